The summed E-state index contributed by atoms with van der Waals surface area (Å²) >= 11 is 1.66. The number of fused-ring (bicyclic) bond motifs is 2. The largest absolute Gasteiger partial charge is 0.490 e. The molecule has 3 aromatic rings. The molecule has 1 aromatic heterocycles. The number of hydrogen-bond donors (Lipinski definition) is 1. The van der Waals surface area contributed by atoms with Crippen molar-refractivity contribution in [3.8, 4) is 5.75 Å². The van der Waals surface area contributed by atoms with Crippen molar-refractivity contribution >= 4 is 33.2 Å². The maximum atomic E-state index is 12.4. The Labute approximate surface area is 155 Å². The lowest BCUT2D eigenvalue weighted by atomic mass is 10.0. The van der Waals surface area contributed by atoms with Crippen LogP contribution in [0.1, 0.15) is 28.2 Å². The summed E-state index contributed by atoms with van der Waals surface area (Å²) in [6.45, 7) is 0.180. The van der Waals surface area contributed by atoms with E-state index in [1.165, 1.54) is 0 Å². The van der Waals surface area contributed by atoms with Gasteiger partial charge in [-0.15, -0.1) is 11.3 Å². The van der Waals surface area contributed by atoms with Gasteiger partial charge >= 0.3 is 0 Å². The second kappa shape index (κ2) is 7.25. The van der Waals surface area contributed by atoms with Gasteiger partial charge < -0.3 is 10.1 Å². The van der Waals surface area contributed by atoms with Gasteiger partial charge in [-0.05, 0) is 37.1 Å². The van der Waals surface area contributed by atoms with E-state index in [1.807, 2.05) is 24.3 Å². The number of ketones is 1. The molecule has 0 bridgehead atoms. The Hall–Kier alpha value is -2.73. The lowest BCUT2D eigenvalue weighted by molar-refractivity contribution is -0.121. The first-order valence-corrected chi connectivity index (χ1v) is 9.42. The van der Waals surface area contributed by atoms with Gasteiger partial charge in [0.1, 0.15) is 18.4 Å². The van der Waals surface area contributed by atoms with Gasteiger partial charge in [-0.25, -0.2) is 4.98 Å². The number of aryl methyl sites for hydroxylation is 1. The predicted molar refractivity (Wildman–Crippen MR) is 101 cm³/mol. The van der Waals surface area contributed by atoms with Crippen LogP contribution in [-0.4, -0.2) is 29.3 Å². The van der Waals surface area contributed by atoms with Gasteiger partial charge in [-0.1, -0.05) is 24.3 Å². The van der Waals surface area contributed by atoms with E-state index in [0.29, 0.717) is 24.2 Å². The Morgan fingerprint density at radius 2 is 2.00 bits per heavy atom. The fraction of sp³-hybridized carbons (Fsp3) is 0.250. The number of ether oxygens (including phenoxy) is 1. The molecule has 0 aliphatic carbocycles. The summed E-state index contributed by atoms with van der Waals surface area (Å²) in [6, 6.07) is 14.5. The van der Waals surface area contributed by atoms with Crippen LogP contribution in [0.2, 0.25) is 0 Å². The second-order valence-electron chi connectivity index (χ2n) is 6.22. The van der Waals surface area contributed by atoms with E-state index in [0.717, 1.165) is 21.6 Å². The fourth-order valence-corrected chi connectivity index (χ4v) is 4.04. The number of amides is 1. The Morgan fingerprint density at radius 1 is 1.19 bits per heavy atom. The molecule has 2 heterocycles. The zero-order chi connectivity index (χ0) is 17.9. The molecule has 1 amide bonds. The first kappa shape index (κ1) is 16.7. The summed E-state index contributed by atoms with van der Waals surface area (Å²) in [5.41, 5.74) is 1.53. The smallest absolute Gasteiger partial charge is 0.220 e. The number of aromatic nitrogens is 1. The van der Waals surface area contributed by atoms with E-state index in [4.69, 9.17) is 4.74 Å². The number of thiazole rings is 1. The highest BCUT2D eigenvalue weighted by Crippen LogP contribution is 2.24. The average Bonchev–Trinajstić information content (AvgIpc) is 3.07. The van der Waals surface area contributed by atoms with Crippen molar-refractivity contribution in [1.29, 1.82) is 0 Å². The molecule has 0 spiro atoms. The molecule has 26 heavy (non-hydrogen) atoms. The zero-order valence-electron chi connectivity index (χ0n) is 14.1. The predicted octanol–water partition coefficient (Wildman–Crippen LogP) is 3.38. The molecule has 4 rings (SSSR count). The number of benzene rings is 2. The number of hydrogen-bond acceptors (Lipinski definition) is 5. The Balaban J connectivity index is 1.30. The molecule has 0 saturated carbocycles. The molecule has 132 valence electrons. The number of rotatable bonds is 5. The summed E-state index contributed by atoms with van der Waals surface area (Å²) in [5.74, 6) is 0.359. The minimum Gasteiger partial charge on any atom is -0.490 e. The van der Waals surface area contributed by atoms with Crippen molar-refractivity contribution in [2.24, 2.45) is 0 Å². The van der Waals surface area contributed by atoms with Crippen LogP contribution in [0.25, 0.3) is 10.2 Å². The van der Waals surface area contributed by atoms with Gasteiger partial charge in [-0.2, -0.15) is 0 Å². The summed E-state index contributed by atoms with van der Waals surface area (Å²) in [7, 11) is 0. The van der Waals surface area contributed by atoms with E-state index in [-0.39, 0.29) is 18.3 Å². The zero-order valence-corrected chi connectivity index (χ0v) is 14.9. The maximum absolute atomic E-state index is 12.4. The van der Waals surface area contributed by atoms with Crippen molar-refractivity contribution in [3.63, 3.8) is 0 Å². The van der Waals surface area contributed by atoms with Gasteiger partial charge in [0.25, 0.3) is 0 Å². The monoisotopic (exact) mass is 366 g/mol. The molecule has 1 aliphatic rings. The van der Waals surface area contributed by atoms with Gasteiger partial charge in [0.15, 0.2) is 5.78 Å². The standard InChI is InChI=1S/C20H18N2O3S/c23-18(10-5-11-19-22-14-7-2-4-9-17(14)26-19)21-15-12-25-16-8-3-1-6-13(16)20(15)24/h1-4,6-9,15H,5,10-12H2,(H,21,23). The number of carbonyl (C=O) groups is 2. The molecule has 0 saturated heterocycles. The van der Waals surface area contributed by atoms with Crippen LogP contribution in [0.15, 0.2) is 48.5 Å². The Kier molecular flexibility index (Phi) is 4.67. The molecule has 5 nitrogen and oxygen atoms in total. The van der Waals surface area contributed by atoms with Crippen molar-refractivity contribution in [1.82, 2.24) is 10.3 Å². The minimum absolute atomic E-state index is 0.0913. The molecule has 1 unspecified atom stereocenters. The fourth-order valence-electron chi connectivity index (χ4n) is 3.03. The Bertz CT molecular complexity index is 933. The van der Waals surface area contributed by atoms with E-state index in [1.54, 1.807) is 29.5 Å². The number of nitrogens with one attached hydrogen (secondary N) is 1. The maximum Gasteiger partial charge on any atom is 0.220 e. The number of para-hydroxylation sites is 2. The summed E-state index contributed by atoms with van der Waals surface area (Å²) < 4.78 is 6.73. The average molecular weight is 366 g/mol. The highest BCUT2D eigenvalue weighted by molar-refractivity contribution is 7.18. The third-order valence-electron chi connectivity index (χ3n) is 4.34. The van der Waals surface area contributed by atoms with Gasteiger partial charge in [0.2, 0.25) is 5.91 Å². The third kappa shape index (κ3) is 3.46. The molecular formula is C20H18N2O3S. The summed E-state index contributed by atoms with van der Waals surface area (Å²) in [5, 5.41) is 3.82. The van der Waals surface area contributed by atoms with Crippen LogP contribution in [0.5, 0.6) is 5.75 Å². The normalized spacial score (nSPS) is 16.2. The van der Waals surface area contributed by atoms with Gasteiger partial charge in [0.05, 0.1) is 20.8 Å². The quantitative estimate of drug-likeness (QED) is 0.752. The minimum atomic E-state index is -0.611. The first-order chi connectivity index (χ1) is 12.7. The van der Waals surface area contributed by atoms with E-state index in [9.17, 15) is 9.59 Å². The second-order valence-corrected chi connectivity index (χ2v) is 7.34. The lowest BCUT2D eigenvalue weighted by Crippen LogP contribution is -2.47. The molecule has 1 aliphatic heterocycles. The molecule has 6 heteroatoms. The van der Waals surface area contributed by atoms with E-state index in [2.05, 4.69) is 16.4 Å². The summed E-state index contributed by atoms with van der Waals surface area (Å²) in [4.78, 5) is 29.2. The molecule has 0 fully saturated rings. The van der Waals surface area contributed by atoms with Crippen molar-refractivity contribution < 1.29 is 14.3 Å². The highest BCUT2D eigenvalue weighted by Gasteiger charge is 2.29. The van der Waals surface area contributed by atoms with Crippen molar-refractivity contribution in [2.75, 3.05) is 6.61 Å². The van der Waals surface area contributed by atoms with Crippen LogP contribution in [0.4, 0.5) is 0 Å². The molecular weight excluding hydrogens is 348 g/mol. The van der Waals surface area contributed by atoms with Gasteiger partial charge in [0, 0.05) is 6.42 Å². The number of Topliss-reactive ketones (excluding diaryl/α,β-unsaturated/α-hetero) is 1. The number of carbonyl (C=O) groups excluding carboxylic acids is 2. The van der Waals surface area contributed by atoms with Crippen LogP contribution < -0.4 is 10.1 Å². The lowest BCUT2D eigenvalue weighted by Gasteiger charge is -2.24. The SMILES string of the molecule is O=C(CCCc1nc2ccccc2s1)NC1COc2ccccc2C1=O. The van der Waals surface area contributed by atoms with Crippen LogP contribution >= 0.6 is 11.3 Å². The van der Waals surface area contributed by atoms with Gasteiger partial charge in [-0.3, -0.25) is 9.59 Å². The number of nitrogens with zero attached hydrogens (tertiary/aromatic N) is 1. The topological polar surface area (TPSA) is 68.3 Å². The third-order valence-corrected chi connectivity index (χ3v) is 5.44. The molecule has 2 aromatic carbocycles. The summed E-state index contributed by atoms with van der Waals surface area (Å²) in [6.07, 6.45) is 1.82. The van der Waals surface area contributed by atoms with Crippen LogP contribution in [0.3, 0.4) is 0 Å². The van der Waals surface area contributed by atoms with Crippen LogP contribution in [-0.2, 0) is 11.2 Å². The van der Waals surface area contributed by atoms with Crippen molar-refractivity contribution in [3.05, 3.63) is 59.1 Å². The first-order valence-electron chi connectivity index (χ1n) is 8.60. The van der Waals surface area contributed by atoms with E-state index >= 15 is 0 Å². The molecule has 1 atom stereocenters. The van der Waals surface area contributed by atoms with E-state index < -0.39 is 6.04 Å². The molecule has 1 N–H and O–H groups in total. The van der Waals surface area contributed by atoms with Crippen LogP contribution in [0, 0.1) is 0 Å². The molecule has 0 radical (unpaired) electrons. The van der Waals surface area contributed by atoms with Crippen molar-refractivity contribution in [2.45, 2.75) is 25.3 Å². The highest BCUT2D eigenvalue weighted by atomic mass is 32.1. The Morgan fingerprint density at radius 3 is 2.88 bits per heavy atom.